The Kier molecular flexibility index (Phi) is 2.77. The maximum Gasteiger partial charge on any atom is 0.238 e. The van der Waals surface area contributed by atoms with E-state index in [1.54, 1.807) is 12.1 Å². The molecule has 0 bridgehead atoms. The van der Waals surface area contributed by atoms with Crippen LogP contribution in [0.1, 0.15) is 29.9 Å². The lowest BCUT2D eigenvalue weighted by atomic mass is 9.76. The molecule has 0 spiro atoms. The van der Waals surface area contributed by atoms with Gasteiger partial charge in [-0.1, -0.05) is 6.07 Å². The lowest BCUT2D eigenvalue weighted by Crippen LogP contribution is -2.27. The Morgan fingerprint density at radius 2 is 2.00 bits per heavy atom. The van der Waals surface area contributed by atoms with E-state index in [-0.39, 0.29) is 16.9 Å². The molecule has 1 aromatic rings. The van der Waals surface area contributed by atoms with Crippen molar-refractivity contribution in [3.63, 3.8) is 0 Å². The summed E-state index contributed by atoms with van der Waals surface area (Å²) in [7, 11) is -3.64. The van der Waals surface area contributed by atoms with Crippen LogP contribution in [0.25, 0.3) is 0 Å². The molecule has 0 amide bonds. The van der Waals surface area contributed by atoms with Crippen molar-refractivity contribution in [2.75, 3.05) is 0 Å². The van der Waals surface area contributed by atoms with Gasteiger partial charge in [0.1, 0.15) is 0 Å². The third-order valence-corrected chi connectivity index (χ3v) is 4.04. The molecule has 0 aliphatic heterocycles. The summed E-state index contributed by atoms with van der Waals surface area (Å²) < 4.78 is 22.4. The van der Waals surface area contributed by atoms with Gasteiger partial charge in [-0.15, -0.1) is 0 Å². The monoisotopic (exact) mass is 241 g/mol. The van der Waals surface area contributed by atoms with Crippen LogP contribution in [0.3, 0.4) is 0 Å². The first-order valence-corrected chi connectivity index (χ1v) is 6.74. The highest BCUT2D eigenvalue weighted by atomic mass is 32.2. The van der Waals surface area contributed by atoms with Crippen LogP contribution in [0.15, 0.2) is 23.1 Å². The molecular formula is C11H15NO3S. The van der Waals surface area contributed by atoms with Gasteiger partial charge in [0.15, 0.2) is 0 Å². The van der Waals surface area contributed by atoms with Crippen LogP contribution in [-0.2, 0) is 10.0 Å². The third-order valence-electron chi connectivity index (χ3n) is 3.13. The van der Waals surface area contributed by atoms with E-state index in [2.05, 4.69) is 0 Å². The summed E-state index contributed by atoms with van der Waals surface area (Å²) in [5.41, 5.74) is 2.03. The van der Waals surface area contributed by atoms with E-state index in [0.29, 0.717) is 12.8 Å². The molecule has 0 radical (unpaired) electrons. The van der Waals surface area contributed by atoms with Crippen LogP contribution >= 0.6 is 0 Å². The number of aliphatic hydroxyl groups is 1. The van der Waals surface area contributed by atoms with Gasteiger partial charge in [0.2, 0.25) is 10.0 Å². The number of hydrogen-bond donors (Lipinski definition) is 2. The van der Waals surface area contributed by atoms with Crippen molar-refractivity contribution in [2.45, 2.75) is 36.7 Å². The first kappa shape index (κ1) is 11.6. The molecule has 1 aliphatic rings. The van der Waals surface area contributed by atoms with Crippen molar-refractivity contribution in [1.82, 2.24) is 0 Å². The first-order chi connectivity index (χ1) is 7.38. The molecule has 0 aromatic heterocycles. The number of sulfonamides is 1. The Labute approximate surface area is 95.1 Å². The van der Waals surface area contributed by atoms with E-state index >= 15 is 0 Å². The van der Waals surface area contributed by atoms with Crippen molar-refractivity contribution >= 4 is 10.0 Å². The Bertz CT molecular complexity index is 504. The number of aliphatic hydroxyl groups excluding tert-OH is 1. The maximum absolute atomic E-state index is 11.2. The van der Waals surface area contributed by atoms with Gasteiger partial charge in [0, 0.05) is 0 Å². The minimum Gasteiger partial charge on any atom is -0.393 e. The zero-order valence-electron chi connectivity index (χ0n) is 9.05. The quantitative estimate of drug-likeness (QED) is 0.806. The fourth-order valence-corrected chi connectivity index (χ4v) is 2.63. The molecule has 88 valence electrons. The number of benzene rings is 1. The average Bonchev–Trinajstić information content (AvgIpc) is 2.12. The normalized spacial score (nSPS) is 25.2. The van der Waals surface area contributed by atoms with Crippen LogP contribution in [0.2, 0.25) is 0 Å². The molecule has 5 heteroatoms. The highest BCUT2D eigenvalue weighted by Crippen LogP contribution is 2.38. The van der Waals surface area contributed by atoms with E-state index in [1.807, 2.05) is 6.92 Å². The van der Waals surface area contributed by atoms with E-state index in [0.717, 1.165) is 11.1 Å². The highest BCUT2D eigenvalue weighted by Gasteiger charge is 2.30. The summed E-state index contributed by atoms with van der Waals surface area (Å²) in [6, 6.07) is 4.91. The van der Waals surface area contributed by atoms with Gasteiger partial charge < -0.3 is 5.11 Å². The first-order valence-electron chi connectivity index (χ1n) is 5.19. The van der Waals surface area contributed by atoms with Gasteiger partial charge in [-0.25, -0.2) is 13.6 Å². The van der Waals surface area contributed by atoms with Crippen molar-refractivity contribution in [3.05, 3.63) is 29.3 Å². The maximum atomic E-state index is 11.2. The lowest BCUT2D eigenvalue weighted by Gasteiger charge is -2.32. The molecule has 16 heavy (non-hydrogen) atoms. The third kappa shape index (κ3) is 2.11. The fraction of sp³-hybridized carbons (Fsp3) is 0.455. The number of nitrogens with two attached hydrogens (primary N) is 1. The zero-order valence-corrected chi connectivity index (χ0v) is 9.87. The standard InChI is InChI=1S/C11H15NO3S/c1-7-2-3-10(16(12,14)15)6-11(7)8-4-9(13)5-8/h2-3,6,8-9,13H,4-5H2,1H3,(H2,12,14,15). The second-order valence-electron chi connectivity index (χ2n) is 4.39. The second-order valence-corrected chi connectivity index (χ2v) is 5.95. The Hall–Kier alpha value is -0.910. The van der Waals surface area contributed by atoms with E-state index in [4.69, 9.17) is 5.14 Å². The van der Waals surface area contributed by atoms with E-state index < -0.39 is 10.0 Å². The predicted molar refractivity (Wildman–Crippen MR) is 60.5 cm³/mol. The van der Waals surface area contributed by atoms with Crippen molar-refractivity contribution in [3.8, 4) is 0 Å². The van der Waals surface area contributed by atoms with Crippen LogP contribution in [0.4, 0.5) is 0 Å². The van der Waals surface area contributed by atoms with Crippen molar-refractivity contribution in [1.29, 1.82) is 0 Å². The van der Waals surface area contributed by atoms with E-state index in [1.165, 1.54) is 6.07 Å². The minimum absolute atomic E-state index is 0.148. The van der Waals surface area contributed by atoms with Crippen LogP contribution in [-0.4, -0.2) is 19.6 Å². The van der Waals surface area contributed by atoms with Gasteiger partial charge >= 0.3 is 0 Å². The summed E-state index contributed by atoms with van der Waals surface area (Å²) >= 11 is 0. The summed E-state index contributed by atoms with van der Waals surface area (Å²) in [5.74, 6) is 0.261. The van der Waals surface area contributed by atoms with Crippen molar-refractivity contribution < 1.29 is 13.5 Å². The molecule has 0 atom stereocenters. The molecule has 1 aromatic carbocycles. The van der Waals surface area contributed by atoms with Crippen LogP contribution < -0.4 is 5.14 Å². The Morgan fingerprint density at radius 3 is 2.50 bits per heavy atom. The SMILES string of the molecule is Cc1ccc(S(N)(=O)=O)cc1C1CC(O)C1. The van der Waals surface area contributed by atoms with Gasteiger partial charge in [0.05, 0.1) is 11.0 Å². The number of hydrogen-bond acceptors (Lipinski definition) is 3. The summed E-state index contributed by atoms with van der Waals surface area (Å²) in [4.78, 5) is 0.148. The second kappa shape index (κ2) is 3.84. The molecule has 1 fully saturated rings. The van der Waals surface area contributed by atoms with E-state index in [9.17, 15) is 13.5 Å². The highest BCUT2D eigenvalue weighted by molar-refractivity contribution is 7.89. The van der Waals surface area contributed by atoms with Gasteiger partial charge in [0.25, 0.3) is 0 Å². The molecule has 0 heterocycles. The molecule has 1 saturated carbocycles. The largest absolute Gasteiger partial charge is 0.393 e. The average molecular weight is 241 g/mol. The molecule has 0 saturated heterocycles. The van der Waals surface area contributed by atoms with Crippen molar-refractivity contribution in [2.24, 2.45) is 5.14 Å². The van der Waals surface area contributed by atoms with Crippen LogP contribution in [0, 0.1) is 6.92 Å². The zero-order chi connectivity index (χ0) is 11.9. The Morgan fingerprint density at radius 1 is 1.38 bits per heavy atom. The summed E-state index contributed by atoms with van der Waals surface area (Å²) in [6.45, 7) is 1.94. The summed E-state index contributed by atoms with van der Waals surface area (Å²) in [5, 5.41) is 14.3. The smallest absolute Gasteiger partial charge is 0.238 e. The topological polar surface area (TPSA) is 80.4 Å². The van der Waals surface area contributed by atoms with Gasteiger partial charge in [-0.2, -0.15) is 0 Å². The molecule has 2 rings (SSSR count). The predicted octanol–water partition coefficient (Wildman–Crippen LogP) is 0.881. The molecule has 3 N–H and O–H groups in total. The van der Waals surface area contributed by atoms with Gasteiger partial charge in [-0.3, -0.25) is 0 Å². The molecule has 4 nitrogen and oxygen atoms in total. The number of primary sulfonamides is 1. The molecule has 1 aliphatic carbocycles. The van der Waals surface area contributed by atoms with Crippen LogP contribution in [0.5, 0.6) is 0 Å². The fourth-order valence-electron chi connectivity index (χ4n) is 2.08. The molecule has 0 unspecified atom stereocenters. The molecular weight excluding hydrogens is 226 g/mol. The number of rotatable bonds is 2. The van der Waals surface area contributed by atoms with Gasteiger partial charge in [-0.05, 0) is 48.9 Å². The summed E-state index contributed by atoms with van der Waals surface area (Å²) in [6.07, 6.45) is 1.16. The lowest BCUT2D eigenvalue weighted by molar-refractivity contribution is 0.0744. The Balaban J connectivity index is 2.38. The number of aryl methyl sites for hydroxylation is 1. The minimum atomic E-state index is -3.64.